The summed E-state index contributed by atoms with van der Waals surface area (Å²) >= 11 is 1.85. The first-order valence-electron chi connectivity index (χ1n) is 7.94. The van der Waals surface area contributed by atoms with Crippen molar-refractivity contribution in [3.05, 3.63) is 46.0 Å². The molecule has 21 heavy (non-hydrogen) atoms. The van der Waals surface area contributed by atoms with Gasteiger partial charge in [0.05, 0.1) is 13.1 Å². The maximum Gasteiger partial charge on any atom is 0.118 e. The highest BCUT2D eigenvalue weighted by Gasteiger charge is 2.29. The summed E-state index contributed by atoms with van der Waals surface area (Å²) in [5.41, 5.74) is 0. The zero-order chi connectivity index (χ0) is 14.1. The molecule has 2 fully saturated rings. The molecule has 0 bridgehead atoms. The SMILES string of the molecule is c1csc(CN(Cc2ccc(CNC3CC3)o2)C2CC2)c1. The van der Waals surface area contributed by atoms with Gasteiger partial charge in [-0.3, -0.25) is 4.90 Å². The van der Waals surface area contributed by atoms with E-state index in [-0.39, 0.29) is 0 Å². The second kappa shape index (κ2) is 5.95. The van der Waals surface area contributed by atoms with Gasteiger partial charge in [-0.1, -0.05) is 6.07 Å². The zero-order valence-corrected chi connectivity index (χ0v) is 13.1. The Morgan fingerprint density at radius 3 is 2.67 bits per heavy atom. The Hall–Kier alpha value is -1.10. The third-order valence-electron chi connectivity index (χ3n) is 4.22. The summed E-state index contributed by atoms with van der Waals surface area (Å²) in [6.07, 6.45) is 5.32. The number of furan rings is 1. The molecule has 0 amide bonds. The van der Waals surface area contributed by atoms with Gasteiger partial charge in [0.15, 0.2) is 0 Å². The van der Waals surface area contributed by atoms with E-state index < -0.39 is 0 Å². The van der Waals surface area contributed by atoms with Crippen LogP contribution in [0.25, 0.3) is 0 Å². The van der Waals surface area contributed by atoms with Crippen LogP contribution in [0.3, 0.4) is 0 Å². The molecule has 4 heteroatoms. The van der Waals surface area contributed by atoms with Crippen molar-refractivity contribution >= 4 is 11.3 Å². The van der Waals surface area contributed by atoms with E-state index in [1.54, 1.807) is 0 Å². The van der Waals surface area contributed by atoms with E-state index in [0.29, 0.717) is 0 Å². The minimum absolute atomic E-state index is 0.736. The van der Waals surface area contributed by atoms with E-state index in [4.69, 9.17) is 4.42 Å². The van der Waals surface area contributed by atoms with E-state index in [1.165, 1.54) is 30.6 Å². The Morgan fingerprint density at radius 2 is 1.95 bits per heavy atom. The summed E-state index contributed by atoms with van der Waals surface area (Å²) in [6.45, 7) is 2.86. The standard InChI is InChI=1S/C17H22N2OS/c1-2-17(21-9-1)12-19(14-5-6-14)11-16-8-7-15(20-16)10-18-13-3-4-13/h1-2,7-9,13-14,18H,3-6,10-12H2. The van der Waals surface area contributed by atoms with Crippen molar-refractivity contribution < 1.29 is 4.42 Å². The van der Waals surface area contributed by atoms with Crippen molar-refractivity contribution in [2.24, 2.45) is 0 Å². The van der Waals surface area contributed by atoms with Crippen molar-refractivity contribution in [3.8, 4) is 0 Å². The van der Waals surface area contributed by atoms with Crippen LogP contribution in [0.5, 0.6) is 0 Å². The average molecular weight is 302 g/mol. The van der Waals surface area contributed by atoms with Gasteiger partial charge in [0, 0.05) is 23.5 Å². The second-order valence-electron chi connectivity index (χ2n) is 6.24. The normalized spacial score (nSPS) is 18.5. The summed E-state index contributed by atoms with van der Waals surface area (Å²) in [7, 11) is 0. The summed E-state index contributed by atoms with van der Waals surface area (Å²) < 4.78 is 5.99. The molecule has 2 aromatic heterocycles. The maximum absolute atomic E-state index is 5.99. The van der Waals surface area contributed by atoms with Crippen LogP contribution < -0.4 is 5.32 Å². The summed E-state index contributed by atoms with van der Waals surface area (Å²) in [4.78, 5) is 4.01. The van der Waals surface area contributed by atoms with Crippen molar-refractivity contribution in [2.75, 3.05) is 0 Å². The molecule has 0 unspecified atom stereocenters. The van der Waals surface area contributed by atoms with Gasteiger partial charge in [0.1, 0.15) is 11.5 Å². The lowest BCUT2D eigenvalue weighted by molar-refractivity contribution is 0.224. The lowest BCUT2D eigenvalue weighted by Crippen LogP contribution is -2.24. The first-order chi connectivity index (χ1) is 10.4. The van der Waals surface area contributed by atoms with Gasteiger partial charge in [-0.25, -0.2) is 0 Å². The van der Waals surface area contributed by atoms with Gasteiger partial charge in [0.25, 0.3) is 0 Å². The molecule has 112 valence electrons. The molecule has 2 heterocycles. The number of hydrogen-bond donors (Lipinski definition) is 1. The molecule has 1 N–H and O–H groups in total. The third-order valence-corrected chi connectivity index (χ3v) is 5.08. The van der Waals surface area contributed by atoms with Crippen LogP contribution in [0, 0.1) is 0 Å². The third kappa shape index (κ3) is 3.76. The van der Waals surface area contributed by atoms with E-state index in [2.05, 4.69) is 39.9 Å². The largest absolute Gasteiger partial charge is 0.463 e. The van der Waals surface area contributed by atoms with E-state index in [0.717, 1.165) is 43.2 Å². The van der Waals surface area contributed by atoms with E-state index in [1.807, 2.05) is 11.3 Å². The highest BCUT2D eigenvalue weighted by molar-refractivity contribution is 7.09. The summed E-state index contributed by atoms with van der Waals surface area (Å²) in [5, 5.41) is 5.67. The monoisotopic (exact) mass is 302 g/mol. The molecule has 2 aromatic rings. The second-order valence-corrected chi connectivity index (χ2v) is 7.27. The van der Waals surface area contributed by atoms with Crippen LogP contribution in [-0.2, 0) is 19.6 Å². The van der Waals surface area contributed by atoms with Crippen LogP contribution in [0.1, 0.15) is 42.1 Å². The molecule has 0 radical (unpaired) electrons. The Balaban J connectivity index is 1.35. The number of rotatable bonds is 8. The van der Waals surface area contributed by atoms with Crippen LogP contribution in [-0.4, -0.2) is 17.0 Å². The fourth-order valence-electron chi connectivity index (χ4n) is 2.69. The highest BCUT2D eigenvalue weighted by Crippen LogP contribution is 2.31. The first kappa shape index (κ1) is 13.6. The molecular formula is C17H22N2OS. The van der Waals surface area contributed by atoms with Gasteiger partial charge >= 0.3 is 0 Å². The van der Waals surface area contributed by atoms with E-state index >= 15 is 0 Å². The van der Waals surface area contributed by atoms with Gasteiger partial charge in [-0.05, 0) is 49.3 Å². The molecule has 3 nitrogen and oxygen atoms in total. The predicted molar refractivity (Wildman–Crippen MR) is 85.2 cm³/mol. The van der Waals surface area contributed by atoms with Gasteiger partial charge < -0.3 is 9.73 Å². The molecule has 2 aliphatic carbocycles. The molecule has 2 saturated carbocycles. The van der Waals surface area contributed by atoms with Crippen molar-refractivity contribution in [1.29, 1.82) is 0 Å². The number of hydrogen-bond acceptors (Lipinski definition) is 4. The molecule has 2 aliphatic rings. The summed E-state index contributed by atoms with van der Waals surface area (Å²) in [5.74, 6) is 2.18. The fraction of sp³-hybridized carbons (Fsp3) is 0.529. The lowest BCUT2D eigenvalue weighted by Gasteiger charge is -2.19. The predicted octanol–water partition coefficient (Wildman–Crippen LogP) is 3.76. The molecule has 0 saturated heterocycles. The molecule has 0 atom stereocenters. The highest BCUT2D eigenvalue weighted by atomic mass is 32.1. The number of nitrogens with zero attached hydrogens (tertiary/aromatic N) is 1. The van der Waals surface area contributed by atoms with Crippen molar-refractivity contribution in [1.82, 2.24) is 10.2 Å². The average Bonchev–Trinajstić information content (AvgIpc) is 3.41. The van der Waals surface area contributed by atoms with Gasteiger partial charge in [-0.2, -0.15) is 0 Å². The maximum atomic E-state index is 5.99. The molecule has 0 aromatic carbocycles. The lowest BCUT2D eigenvalue weighted by atomic mass is 10.3. The number of nitrogens with one attached hydrogen (secondary N) is 1. The number of thiophene rings is 1. The molecule has 0 spiro atoms. The Morgan fingerprint density at radius 1 is 1.10 bits per heavy atom. The van der Waals surface area contributed by atoms with Crippen LogP contribution in [0.4, 0.5) is 0 Å². The van der Waals surface area contributed by atoms with Crippen molar-refractivity contribution in [2.45, 2.75) is 57.4 Å². The zero-order valence-electron chi connectivity index (χ0n) is 12.3. The van der Waals surface area contributed by atoms with Crippen LogP contribution >= 0.6 is 11.3 Å². The molecule has 4 rings (SSSR count). The fourth-order valence-corrected chi connectivity index (χ4v) is 3.42. The molecular weight excluding hydrogens is 280 g/mol. The van der Waals surface area contributed by atoms with Crippen LogP contribution in [0.2, 0.25) is 0 Å². The Bertz CT molecular complexity index is 569. The topological polar surface area (TPSA) is 28.4 Å². The minimum atomic E-state index is 0.736. The molecule has 0 aliphatic heterocycles. The summed E-state index contributed by atoms with van der Waals surface area (Å²) in [6, 6.07) is 10.1. The van der Waals surface area contributed by atoms with Gasteiger partial charge in [-0.15, -0.1) is 11.3 Å². The smallest absolute Gasteiger partial charge is 0.118 e. The first-order valence-corrected chi connectivity index (χ1v) is 8.82. The van der Waals surface area contributed by atoms with Gasteiger partial charge in [0.2, 0.25) is 0 Å². The van der Waals surface area contributed by atoms with Crippen LogP contribution in [0.15, 0.2) is 34.1 Å². The minimum Gasteiger partial charge on any atom is -0.463 e. The quantitative estimate of drug-likeness (QED) is 0.805. The Kier molecular flexibility index (Phi) is 3.84. The Labute approximate surface area is 130 Å². The van der Waals surface area contributed by atoms with E-state index in [9.17, 15) is 0 Å². The van der Waals surface area contributed by atoms with Crippen molar-refractivity contribution in [3.63, 3.8) is 0 Å².